The molecule has 1 aromatic heterocycles. The van der Waals surface area contributed by atoms with Crippen LogP contribution in [-0.2, 0) is 16.6 Å². The van der Waals surface area contributed by atoms with Crippen molar-refractivity contribution in [3.8, 4) is 11.5 Å². The van der Waals surface area contributed by atoms with Crippen LogP contribution < -0.4 is 14.2 Å². The summed E-state index contributed by atoms with van der Waals surface area (Å²) in [5.41, 5.74) is 0.741. The third-order valence-electron chi connectivity index (χ3n) is 4.46. The maximum Gasteiger partial charge on any atom is 0.262 e. The summed E-state index contributed by atoms with van der Waals surface area (Å²) < 4.78 is 52.6. The molecular formula is C21H21FN2O5S2. The molecule has 31 heavy (non-hydrogen) atoms. The van der Waals surface area contributed by atoms with E-state index in [1.807, 2.05) is 16.8 Å². The molecule has 0 radical (unpaired) electrons. The Hall–Kier alpha value is -3.11. The third-order valence-corrected chi connectivity index (χ3v) is 6.53. The van der Waals surface area contributed by atoms with Crippen molar-refractivity contribution in [2.75, 3.05) is 26.0 Å². The van der Waals surface area contributed by atoms with Crippen LogP contribution in [0.4, 0.5) is 10.1 Å². The number of anilines is 1. The van der Waals surface area contributed by atoms with Crippen molar-refractivity contribution in [2.24, 2.45) is 0 Å². The molecule has 0 aliphatic carbocycles. The molecule has 164 valence electrons. The first kappa shape index (κ1) is 22.6. The maximum absolute atomic E-state index is 14.0. The van der Waals surface area contributed by atoms with E-state index in [9.17, 15) is 17.6 Å². The van der Waals surface area contributed by atoms with Gasteiger partial charge in [0.1, 0.15) is 5.82 Å². The van der Waals surface area contributed by atoms with Gasteiger partial charge in [0.25, 0.3) is 15.9 Å². The molecule has 0 aliphatic rings. The topological polar surface area (TPSA) is 84.9 Å². The van der Waals surface area contributed by atoms with Crippen molar-refractivity contribution in [1.82, 2.24) is 4.90 Å². The van der Waals surface area contributed by atoms with E-state index in [1.165, 1.54) is 60.8 Å². The van der Waals surface area contributed by atoms with Gasteiger partial charge in [0.2, 0.25) is 0 Å². The quantitative estimate of drug-likeness (QED) is 0.545. The number of benzene rings is 2. The predicted octanol–water partition coefficient (Wildman–Crippen LogP) is 3.98. The lowest BCUT2D eigenvalue weighted by Gasteiger charge is -2.20. The van der Waals surface area contributed by atoms with Gasteiger partial charge >= 0.3 is 0 Å². The van der Waals surface area contributed by atoms with Crippen molar-refractivity contribution in [3.63, 3.8) is 0 Å². The molecule has 3 aromatic rings. The number of hydrogen-bond acceptors (Lipinski definition) is 6. The second-order valence-electron chi connectivity index (χ2n) is 6.58. The minimum Gasteiger partial charge on any atom is -0.493 e. The average molecular weight is 465 g/mol. The van der Waals surface area contributed by atoms with E-state index in [2.05, 4.69) is 4.72 Å². The maximum atomic E-state index is 14.0. The highest BCUT2D eigenvalue weighted by Crippen LogP contribution is 2.35. The van der Waals surface area contributed by atoms with Crippen LogP contribution >= 0.6 is 11.3 Å². The second-order valence-corrected chi connectivity index (χ2v) is 9.05. The first-order chi connectivity index (χ1) is 14.8. The van der Waals surface area contributed by atoms with Gasteiger partial charge in [-0.3, -0.25) is 9.52 Å². The van der Waals surface area contributed by atoms with E-state index < -0.39 is 21.7 Å². The Kier molecular flexibility index (Phi) is 6.81. The number of carbonyl (C=O) groups is 1. The van der Waals surface area contributed by atoms with Gasteiger partial charge in [0.05, 0.1) is 30.4 Å². The Labute approximate surface area is 184 Å². The number of para-hydroxylation sites is 1. The summed E-state index contributed by atoms with van der Waals surface area (Å²) in [4.78, 5) is 14.3. The summed E-state index contributed by atoms with van der Waals surface area (Å²) in [7, 11) is 0.0778. The number of thiophene rings is 1. The van der Waals surface area contributed by atoms with E-state index in [0.29, 0.717) is 6.54 Å². The summed E-state index contributed by atoms with van der Waals surface area (Å²) in [6.07, 6.45) is 0. The average Bonchev–Trinajstić information content (AvgIpc) is 3.26. The van der Waals surface area contributed by atoms with Crippen LogP contribution in [0, 0.1) is 5.82 Å². The van der Waals surface area contributed by atoms with Crippen LogP contribution in [0.25, 0.3) is 0 Å². The van der Waals surface area contributed by atoms with Crippen LogP contribution in [0.1, 0.15) is 15.9 Å². The first-order valence-corrected chi connectivity index (χ1v) is 11.5. The lowest BCUT2D eigenvalue weighted by atomic mass is 10.1. The summed E-state index contributed by atoms with van der Waals surface area (Å²) in [6.45, 7) is 0.332. The van der Waals surface area contributed by atoms with E-state index >= 15 is 0 Å². The molecule has 0 saturated heterocycles. The fourth-order valence-electron chi connectivity index (χ4n) is 2.93. The van der Waals surface area contributed by atoms with Crippen molar-refractivity contribution < 1.29 is 27.1 Å². The van der Waals surface area contributed by atoms with Crippen molar-refractivity contribution in [3.05, 3.63) is 70.2 Å². The highest BCUT2D eigenvalue weighted by atomic mass is 32.2. The fraction of sp³-hybridized carbons (Fsp3) is 0.190. The zero-order valence-electron chi connectivity index (χ0n) is 17.1. The number of methoxy groups -OCH3 is 2. The third kappa shape index (κ3) is 4.97. The number of halogens is 1. The predicted molar refractivity (Wildman–Crippen MR) is 117 cm³/mol. The normalized spacial score (nSPS) is 11.1. The van der Waals surface area contributed by atoms with Crippen molar-refractivity contribution >= 4 is 33.0 Å². The number of carbonyl (C=O) groups excluding carboxylic acids is 1. The Morgan fingerprint density at radius 1 is 1.16 bits per heavy atom. The standard InChI is InChI=1S/C21H21FN2O5S2/c1-24(12-14-8-9-30-13-14)21(25)16-10-15(11-19(28-2)20(16)29-3)31(26,27)23-18-7-5-4-6-17(18)22/h4-11,13,23H,12H2,1-3H3. The first-order valence-electron chi connectivity index (χ1n) is 9.06. The molecule has 0 unspecified atom stereocenters. The Morgan fingerprint density at radius 3 is 2.52 bits per heavy atom. The van der Waals surface area contributed by atoms with Crippen LogP contribution in [0.5, 0.6) is 11.5 Å². The number of nitrogens with zero attached hydrogens (tertiary/aromatic N) is 1. The molecule has 0 atom stereocenters. The Morgan fingerprint density at radius 2 is 1.90 bits per heavy atom. The van der Waals surface area contributed by atoms with Crippen LogP contribution in [0.2, 0.25) is 0 Å². The SMILES string of the molecule is COc1cc(S(=O)(=O)Nc2ccccc2F)cc(C(=O)N(C)Cc2ccsc2)c1OC. The summed E-state index contributed by atoms with van der Waals surface area (Å²) in [6, 6.07) is 9.70. The highest BCUT2D eigenvalue weighted by molar-refractivity contribution is 7.92. The molecule has 0 fully saturated rings. The molecule has 0 aliphatic heterocycles. The summed E-state index contributed by atoms with van der Waals surface area (Å²) in [5, 5.41) is 3.82. The van der Waals surface area contributed by atoms with Crippen molar-refractivity contribution in [1.29, 1.82) is 0 Å². The number of ether oxygens (including phenoxy) is 2. The monoisotopic (exact) mass is 464 g/mol. The summed E-state index contributed by atoms with van der Waals surface area (Å²) in [5.74, 6) is -1.01. The molecular weight excluding hydrogens is 443 g/mol. The van der Waals surface area contributed by atoms with E-state index in [0.717, 1.165) is 11.6 Å². The Balaban J connectivity index is 2.02. The zero-order chi connectivity index (χ0) is 22.6. The Bertz CT molecular complexity index is 1180. The molecule has 7 nitrogen and oxygen atoms in total. The molecule has 1 heterocycles. The molecule has 0 bridgehead atoms. The number of nitrogens with one attached hydrogen (secondary N) is 1. The number of rotatable bonds is 8. The zero-order valence-corrected chi connectivity index (χ0v) is 18.7. The van der Waals surface area contributed by atoms with Gasteiger partial charge in [-0.2, -0.15) is 11.3 Å². The van der Waals surface area contributed by atoms with Crippen LogP contribution in [0.3, 0.4) is 0 Å². The molecule has 10 heteroatoms. The molecule has 0 spiro atoms. The molecule has 3 rings (SSSR count). The molecule has 0 saturated carbocycles. The number of hydrogen-bond donors (Lipinski definition) is 1. The van der Waals surface area contributed by atoms with E-state index in [1.54, 1.807) is 7.05 Å². The van der Waals surface area contributed by atoms with E-state index in [4.69, 9.17) is 9.47 Å². The number of amides is 1. The highest BCUT2D eigenvalue weighted by Gasteiger charge is 2.26. The van der Waals surface area contributed by atoms with Crippen molar-refractivity contribution in [2.45, 2.75) is 11.4 Å². The van der Waals surface area contributed by atoms with Gasteiger partial charge in [-0.05, 0) is 40.6 Å². The van der Waals surface area contributed by atoms with E-state index in [-0.39, 0.29) is 27.6 Å². The minimum absolute atomic E-state index is 0.00786. The summed E-state index contributed by atoms with van der Waals surface area (Å²) >= 11 is 1.51. The van der Waals surface area contributed by atoms with Gasteiger partial charge in [0.15, 0.2) is 11.5 Å². The lowest BCUT2D eigenvalue weighted by Crippen LogP contribution is -2.27. The molecule has 1 N–H and O–H groups in total. The molecule has 1 amide bonds. The van der Waals surface area contributed by atoms with Gasteiger partial charge < -0.3 is 14.4 Å². The van der Waals surface area contributed by atoms with Crippen LogP contribution in [0.15, 0.2) is 58.1 Å². The second kappa shape index (κ2) is 9.36. The van der Waals surface area contributed by atoms with Gasteiger partial charge in [0, 0.05) is 19.7 Å². The largest absolute Gasteiger partial charge is 0.493 e. The van der Waals surface area contributed by atoms with Gasteiger partial charge in [-0.1, -0.05) is 12.1 Å². The van der Waals surface area contributed by atoms with Crippen LogP contribution in [-0.4, -0.2) is 40.5 Å². The molecule has 2 aromatic carbocycles. The number of sulfonamides is 1. The smallest absolute Gasteiger partial charge is 0.262 e. The van der Waals surface area contributed by atoms with Gasteiger partial charge in [-0.15, -0.1) is 0 Å². The minimum atomic E-state index is -4.22. The van der Waals surface area contributed by atoms with Gasteiger partial charge in [-0.25, -0.2) is 12.8 Å². The fourth-order valence-corrected chi connectivity index (χ4v) is 4.70. The lowest BCUT2D eigenvalue weighted by molar-refractivity contribution is 0.0781.